The number of aromatic amines is 1. The molecule has 0 saturated carbocycles. The van der Waals surface area contributed by atoms with Crippen LogP contribution in [0.3, 0.4) is 0 Å². The van der Waals surface area contributed by atoms with Crippen molar-refractivity contribution in [1.82, 2.24) is 24.8 Å². The molecule has 0 unspecified atom stereocenters. The van der Waals surface area contributed by atoms with Crippen molar-refractivity contribution < 1.29 is 19.8 Å². The first-order valence-corrected chi connectivity index (χ1v) is 13.1. The molecule has 4 aromatic rings. The molecule has 0 bridgehead atoms. The maximum Gasteiger partial charge on any atom is 0.304 e. The molecule has 2 aromatic heterocycles. The summed E-state index contributed by atoms with van der Waals surface area (Å²) in [5, 5.41) is 18.6. The van der Waals surface area contributed by atoms with Crippen molar-refractivity contribution in [2.24, 2.45) is 0 Å². The number of rotatable bonds is 8. The Kier molecular flexibility index (Phi) is 7.45. The number of nitrogens with zero attached hydrogens (tertiary/aromatic N) is 4. The lowest BCUT2D eigenvalue weighted by Crippen LogP contribution is -2.32. The molecular formula is C30H33N5O4. The van der Waals surface area contributed by atoms with E-state index >= 15 is 0 Å². The minimum Gasteiger partial charge on any atom is -0.481 e. The molecule has 1 amide bonds. The van der Waals surface area contributed by atoms with Gasteiger partial charge in [-0.25, -0.2) is 9.97 Å². The molecule has 0 radical (unpaired) electrons. The van der Waals surface area contributed by atoms with Crippen LogP contribution in [0.5, 0.6) is 0 Å². The summed E-state index contributed by atoms with van der Waals surface area (Å²) in [5.41, 5.74) is 9.32. The molecule has 0 aliphatic carbocycles. The minimum atomic E-state index is -0.768. The Balaban J connectivity index is 1.40. The fraction of sp³-hybridized carbons (Fsp3) is 0.333. The Labute approximate surface area is 227 Å². The first kappa shape index (κ1) is 26.5. The molecule has 1 atom stereocenters. The highest BCUT2D eigenvalue weighted by atomic mass is 16.4. The number of nitrogens with one attached hydrogen (secondary N) is 1. The standard InChI is InChI=1S/C30H33N5O4/c1-18-12-23(13-22-8-10-35(17-25(18)22)11-9-27(37)38)26-15-32-29-28(33-26)24(14-31-29)20-4-6-21(7-5-20)30(39)34(3)16-19(2)36/h4-7,12-15,19,36H,8-11,16-17H2,1-3H3,(H,31,32)(H,37,38)/t19-/m0/s1. The molecule has 3 heterocycles. The van der Waals surface area contributed by atoms with Crippen LogP contribution in [0.4, 0.5) is 0 Å². The number of likely N-dealkylation sites (N-methyl/N-ethyl adjacent to an activating group) is 1. The molecule has 3 N–H and O–H groups in total. The summed E-state index contributed by atoms with van der Waals surface area (Å²) in [6.45, 7) is 6.17. The van der Waals surface area contributed by atoms with Gasteiger partial charge in [0.2, 0.25) is 0 Å². The van der Waals surface area contributed by atoms with Gasteiger partial charge in [0, 0.05) is 56.1 Å². The number of hydrogen-bond acceptors (Lipinski definition) is 6. The van der Waals surface area contributed by atoms with Crippen LogP contribution in [0, 0.1) is 6.92 Å². The van der Waals surface area contributed by atoms with Crippen LogP contribution in [0.1, 0.15) is 40.4 Å². The predicted molar refractivity (Wildman–Crippen MR) is 149 cm³/mol. The van der Waals surface area contributed by atoms with E-state index in [0.29, 0.717) is 17.8 Å². The SMILES string of the molecule is Cc1cc(-c2cnc3[nH]cc(-c4ccc(C(=O)N(C)C[C@H](C)O)cc4)c3n2)cc2c1CN(CCC(=O)O)CC2. The van der Waals surface area contributed by atoms with E-state index in [9.17, 15) is 14.7 Å². The van der Waals surface area contributed by atoms with E-state index in [4.69, 9.17) is 10.1 Å². The summed E-state index contributed by atoms with van der Waals surface area (Å²) in [6.07, 6.45) is 4.10. The molecule has 1 aliphatic heterocycles. The van der Waals surface area contributed by atoms with Crippen molar-refractivity contribution in [2.45, 2.75) is 39.3 Å². The number of benzene rings is 2. The number of amides is 1. The van der Waals surface area contributed by atoms with Crippen molar-refractivity contribution in [1.29, 1.82) is 0 Å². The second kappa shape index (κ2) is 11.0. The predicted octanol–water partition coefficient (Wildman–Crippen LogP) is 3.89. The molecule has 1 aliphatic rings. The van der Waals surface area contributed by atoms with Gasteiger partial charge in [0.15, 0.2) is 5.65 Å². The van der Waals surface area contributed by atoms with E-state index in [1.165, 1.54) is 21.6 Å². The molecule has 9 heteroatoms. The lowest BCUT2D eigenvalue weighted by atomic mass is 9.92. The van der Waals surface area contributed by atoms with Crippen molar-refractivity contribution in [3.63, 3.8) is 0 Å². The maximum atomic E-state index is 12.7. The number of aliphatic hydroxyl groups is 1. The highest BCUT2D eigenvalue weighted by Gasteiger charge is 2.21. The average Bonchev–Trinajstić information content (AvgIpc) is 3.34. The topological polar surface area (TPSA) is 123 Å². The van der Waals surface area contributed by atoms with Gasteiger partial charge >= 0.3 is 5.97 Å². The van der Waals surface area contributed by atoms with Gasteiger partial charge in [-0.3, -0.25) is 14.5 Å². The summed E-state index contributed by atoms with van der Waals surface area (Å²) >= 11 is 0. The van der Waals surface area contributed by atoms with E-state index < -0.39 is 12.1 Å². The van der Waals surface area contributed by atoms with Crippen LogP contribution in [-0.4, -0.2) is 79.6 Å². The molecule has 39 heavy (non-hydrogen) atoms. The largest absolute Gasteiger partial charge is 0.481 e. The van der Waals surface area contributed by atoms with Crippen LogP contribution in [0.25, 0.3) is 33.5 Å². The van der Waals surface area contributed by atoms with Crippen molar-refractivity contribution in [2.75, 3.05) is 26.7 Å². The van der Waals surface area contributed by atoms with Crippen LogP contribution in [0.15, 0.2) is 48.8 Å². The van der Waals surface area contributed by atoms with E-state index in [1.807, 2.05) is 18.3 Å². The number of aromatic nitrogens is 3. The molecule has 0 fully saturated rings. The minimum absolute atomic E-state index is 0.142. The smallest absolute Gasteiger partial charge is 0.304 e. The summed E-state index contributed by atoms with van der Waals surface area (Å²) in [5.74, 6) is -0.910. The molecule has 5 rings (SSSR count). The zero-order valence-electron chi connectivity index (χ0n) is 22.4. The molecule has 0 spiro atoms. The van der Waals surface area contributed by atoms with Crippen LogP contribution in [0.2, 0.25) is 0 Å². The van der Waals surface area contributed by atoms with Gasteiger partial charge in [-0.2, -0.15) is 0 Å². The number of aliphatic carboxylic acids is 1. The third-order valence-electron chi connectivity index (χ3n) is 7.29. The maximum absolute atomic E-state index is 12.7. The van der Waals surface area contributed by atoms with Crippen molar-refractivity contribution in [3.05, 3.63) is 71.0 Å². The summed E-state index contributed by atoms with van der Waals surface area (Å²) in [7, 11) is 1.68. The zero-order chi connectivity index (χ0) is 27.7. The Morgan fingerprint density at radius 3 is 2.67 bits per heavy atom. The highest BCUT2D eigenvalue weighted by molar-refractivity contribution is 5.96. The molecule has 0 saturated heterocycles. The monoisotopic (exact) mass is 527 g/mol. The number of hydrogen-bond donors (Lipinski definition) is 3. The number of carboxylic acids is 1. The van der Waals surface area contributed by atoms with Gasteiger partial charge in [0.05, 0.1) is 24.4 Å². The third kappa shape index (κ3) is 5.69. The summed E-state index contributed by atoms with van der Waals surface area (Å²) in [6, 6.07) is 11.7. The van der Waals surface area contributed by atoms with Gasteiger partial charge in [0.25, 0.3) is 5.91 Å². The Morgan fingerprint density at radius 1 is 1.18 bits per heavy atom. The van der Waals surface area contributed by atoms with Crippen LogP contribution >= 0.6 is 0 Å². The normalized spacial score (nSPS) is 14.3. The lowest BCUT2D eigenvalue weighted by Gasteiger charge is -2.30. The summed E-state index contributed by atoms with van der Waals surface area (Å²) < 4.78 is 0. The second-order valence-electron chi connectivity index (χ2n) is 10.4. The molecule has 2 aromatic carbocycles. The fourth-order valence-corrected chi connectivity index (χ4v) is 5.26. The Bertz CT molecular complexity index is 1530. The quantitative estimate of drug-likeness (QED) is 0.318. The zero-order valence-corrected chi connectivity index (χ0v) is 22.4. The van der Waals surface area contributed by atoms with Crippen molar-refractivity contribution in [3.8, 4) is 22.4 Å². The van der Waals surface area contributed by atoms with Crippen LogP contribution < -0.4 is 0 Å². The molecular weight excluding hydrogens is 494 g/mol. The van der Waals surface area contributed by atoms with E-state index in [0.717, 1.165) is 47.4 Å². The van der Waals surface area contributed by atoms with Crippen LogP contribution in [-0.2, 0) is 17.8 Å². The number of H-pyrrole nitrogens is 1. The van der Waals surface area contributed by atoms with Gasteiger partial charge in [-0.15, -0.1) is 0 Å². The second-order valence-corrected chi connectivity index (χ2v) is 10.4. The van der Waals surface area contributed by atoms with Gasteiger partial charge in [-0.1, -0.05) is 12.1 Å². The molecule has 202 valence electrons. The van der Waals surface area contributed by atoms with Crippen molar-refractivity contribution >= 4 is 23.0 Å². The highest BCUT2D eigenvalue weighted by Crippen LogP contribution is 2.32. The third-order valence-corrected chi connectivity index (χ3v) is 7.29. The lowest BCUT2D eigenvalue weighted by molar-refractivity contribution is -0.137. The first-order chi connectivity index (χ1) is 18.7. The van der Waals surface area contributed by atoms with Gasteiger partial charge in [0.1, 0.15) is 5.52 Å². The van der Waals surface area contributed by atoms with Gasteiger partial charge in [-0.05, 0) is 66.8 Å². The summed E-state index contributed by atoms with van der Waals surface area (Å²) in [4.78, 5) is 40.2. The van der Waals surface area contributed by atoms with E-state index in [1.54, 1.807) is 32.3 Å². The number of aliphatic hydroxyl groups excluding tert-OH is 1. The van der Waals surface area contributed by atoms with Gasteiger partial charge < -0.3 is 20.1 Å². The number of carboxylic acid groups (broad SMARTS) is 1. The van der Waals surface area contributed by atoms with E-state index in [2.05, 4.69) is 33.9 Å². The Hall–Kier alpha value is -4.08. The average molecular weight is 528 g/mol. The number of carbonyl (C=O) groups excluding carboxylic acids is 1. The number of carbonyl (C=O) groups is 2. The first-order valence-electron chi connectivity index (χ1n) is 13.1. The van der Waals surface area contributed by atoms with E-state index in [-0.39, 0.29) is 18.9 Å². The molecule has 9 nitrogen and oxygen atoms in total. The number of aryl methyl sites for hydroxylation is 1. The Morgan fingerprint density at radius 2 is 1.95 bits per heavy atom. The fourth-order valence-electron chi connectivity index (χ4n) is 5.26. The number of fused-ring (bicyclic) bond motifs is 2.